The lowest BCUT2D eigenvalue weighted by Gasteiger charge is -2.30. The van der Waals surface area contributed by atoms with Crippen molar-refractivity contribution in [2.45, 2.75) is 211 Å². The van der Waals surface area contributed by atoms with Gasteiger partial charge in [-0.2, -0.15) is 0 Å². The highest BCUT2D eigenvalue weighted by atomic mass is 32.2. The van der Waals surface area contributed by atoms with Crippen LogP contribution < -0.4 is 5.63 Å². The first-order valence-corrected chi connectivity index (χ1v) is 32.9. The van der Waals surface area contributed by atoms with Gasteiger partial charge in [0, 0.05) is 26.5 Å². The van der Waals surface area contributed by atoms with Crippen molar-refractivity contribution in [1.82, 2.24) is 0 Å². The van der Waals surface area contributed by atoms with E-state index >= 15 is 0 Å². The third kappa shape index (κ3) is 17.7. The first-order valence-electron chi connectivity index (χ1n) is 32.0. The van der Waals surface area contributed by atoms with E-state index in [2.05, 4.69) is 270 Å². The summed E-state index contributed by atoms with van der Waals surface area (Å²) in [6, 6.07) is 55.1. The van der Waals surface area contributed by atoms with E-state index in [4.69, 9.17) is 4.42 Å². The van der Waals surface area contributed by atoms with Crippen LogP contribution in [0.15, 0.2) is 166 Å². The summed E-state index contributed by atoms with van der Waals surface area (Å²) in [5, 5.41) is 1.79. The van der Waals surface area contributed by atoms with Crippen LogP contribution in [0.5, 0.6) is 0 Å². The van der Waals surface area contributed by atoms with Gasteiger partial charge in [0.2, 0.25) is 0 Å². The summed E-state index contributed by atoms with van der Waals surface area (Å²) < 4.78 is 5.30. The van der Waals surface area contributed by atoms with Crippen LogP contribution in [0.2, 0.25) is 0 Å². The third-order valence-electron chi connectivity index (χ3n) is 18.5. The first kappa shape index (κ1) is 68.4. The highest BCUT2D eigenvalue weighted by Crippen LogP contribution is 2.53. The fourth-order valence-electron chi connectivity index (χ4n) is 12.1. The SMILES string of the molecule is CC(C)C(C)c1ccccc1.CCC1(CC)c2cc(C)ccc2-c2ccc(C)cc21.Cc1cc2c(cc1C)C(C)CCC2.Cc1cc2cc(C)c(=O)oc2c(C)c1C.Cc1ccc(C)c(C)c1.Cc1ccc(C)cc1.Cc1ccc2c(c1)CC(C)S2. The average Bonchev–Trinajstić information content (AvgIpc) is 1.75. The van der Waals surface area contributed by atoms with Gasteiger partial charge in [0.15, 0.2) is 0 Å². The lowest BCUT2D eigenvalue weighted by atomic mass is 9.73. The second kappa shape index (κ2) is 31.3. The van der Waals surface area contributed by atoms with E-state index in [9.17, 15) is 4.79 Å². The Morgan fingerprint density at radius 1 is 0.500 bits per heavy atom. The second-order valence-corrected chi connectivity index (χ2v) is 27.3. The van der Waals surface area contributed by atoms with Crippen LogP contribution in [-0.4, -0.2) is 5.25 Å². The average molecular weight is 1170 g/mol. The van der Waals surface area contributed by atoms with Gasteiger partial charge in [-0.3, -0.25) is 0 Å². The van der Waals surface area contributed by atoms with E-state index in [1.807, 2.05) is 31.7 Å². The molecule has 2 nitrogen and oxygen atoms in total. The molecule has 0 bridgehead atoms. The van der Waals surface area contributed by atoms with Crippen molar-refractivity contribution >= 4 is 22.7 Å². The van der Waals surface area contributed by atoms with Gasteiger partial charge in [-0.25, -0.2) is 4.79 Å². The lowest BCUT2D eigenvalue weighted by Crippen LogP contribution is -2.23. The van der Waals surface area contributed by atoms with Gasteiger partial charge >= 0.3 is 5.63 Å². The molecule has 0 spiro atoms. The molecule has 2 heterocycles. The number of fused-ring (bicyclic) bond motifs is 6. The summed E-state index contributed by atoms with van der Waals surface area (Å²) in [4.78, 5) is 12.9. The minimum Gasteiger partial charge on any atom is -0.422 e. The predicted molar refractivity (Wildman–Crippen MR) is 378 cm³/mol. The maximum Gasteiger partial charge on any atom is 0.339 e. The topological polar surface area (TPSA) is 30.2 Å². The Balaban J connectivity index is 0.000000163. The normalized spacial score (nSPS) is 14.9. The Morgan fingerprint density at radius 3 is 1.55 bits per heavy atom. The smallest absolute Gasteiger partial charge is 0.339 e. The van der Waals surface area contributed by atoms with Gasteiger partial charge < -0.3 is 4.42 Å². The molecule has 1 aliphatic heterocycles. The molecule has 1 aromatic heterocycles. The van der Waals surface area contributed by atoms with Crippen molar-refractivity contribution in [2.75, 3.05) is 0 Å². The monoisotopic (exact) mass is 1160 g/mol. The van der Waals surface area contributed by atoms with E-state index in [0.717, 1.165) is 28.0 Å². The molecule has 0 radical (unpaired) electrons. The van der Waals surface area contributed by atoms with Crippen LogP contribution in [0.3, 0.4) is 0 Å². The van der Waals surface area contributed by atoms with Gasteiger partial charge in [0.05, 0.1) is 0 Å². The Bertz CT molecular complexity index is 3660. The molecule has 3 unspecified atom stereocenters. The zero-order valence-corrected chi connectivity index (χ0v) is 57.5. The van der Waals surface area contributed by atoms with Crippen molar-refractivity contribution in [1.29, 1.82) is 0 Å². The summed E-state index contributed by atoms with van der Waals surface area (Å²) in [5.41, 5.74) is 30.8. The van der Waals surface area contributed by atoms with Crippen LogP contribution in [0.4, 0.5) is 0 Å². The largest absolute Gasteiger partial charge is 0.422 e. The zero-order valence-electron chi connectivity index (χ0n) is 56.7. The summed E-state index contributed by atoms with van der Waals surface area (Å²) in [7, 11) is 0. The third-order valence-corrected chi connectivity index (χ3v) is 19.7. The Labute approximate surface area is 525 Å². The molecule has 0 amide bonds. The van der Waals surface area contributed by atoms with Crippen LogP contribution in [0.25, 0.3) is 22.1 Å². The summed E-state index contributed by atoms with van der Waals surface area (Å²) in [6.07, 6.45) is 7.64. The van der Waals surface area contributed by atoms with Crippen LogP contribution in [0, 0.1) is 103 Å². The number of benzene rings is 8. The van der Waals surface area contributed by atoms with E-state index in [1.54, 1.807) is 23.6 Å². The van der Waals surface area contributed by atoms with Crippen molar-refractivity contribution in [2.24, 2.45) is 5.92 Å². The number of hydrogen-bond donors (Lipinski definition) is 0. The molecule has 86 heavy (non-hydrogen) atoms. The molecule has 3 heteroatoms. The summed E-state index contributed by atoms with van der Waals surface area (Å²) in [5.74, 6) is 2.19. The highest BCUT2D eigenvalue weighted by Gasteiger charge is 2.40. The molecule has 0 fully saturated rings. The summed E-state index contributed by atoms with van der Waals surface area (Å²) >= 11 is 2.00. The van der Waals surface area contributed by atoms with Gasteiger partial charge in [0.1, 0.15) is 5.58 Å². The van der Waals surface area contributed by atoms with Crippen LogP contribution in [0.1, 0.15) is 197 Å². The molecule has 2 aliphatic carbocycles. The van der Waals surface area contributed by atoms with E-state index in [-0.39, 0.29) is 11.0 Å². The predicted octanol–water partition coefficient (Wildman–Crippen LogP) is 23.6. The molecular weight excluding hydrogens is 1060 g/mol. The lowest BCUT2D eigenvalue weighted by molar-refractivity contribution is 0.490. The van der Waals surface area contributed by atoms with Crippen molar-refractivity contribution in [3.05, 3.63) is 273 Å². The quantitative estimate of drug-likeness (QED) is 0.165. The first-order chi connectivity index (χ1) is 40.8. The van der Waals surface area contributed by atoms with E-state index in [0.29, 0.717) is 17.1 Å². The zero-order chi connectivity index (χ0) is 63.2. The van der Waals surface area contributed by atoms with Crippen LogP contribution >= 0.6 is 11.8 Å². The van der Waals surface area contributed by atoms with Gasteiger partial charge in [-0.05, 0) is 255 Å². The molecule has 8 aromatic carbocycles. The van der Waals surface area contributed by atoms with Crippen molar-refractivity contribution < 1.29 is 4.42 Å². The van der Waals surface area contributed by atoms with Gasteiger partial charge in [0.25, 0.3) is 0 Å². The van der Waals surface area contributed by atoms with E-state index < -0.39 is 0 Å². The Kier molecular flexibility index (Phi) is 24.9. The maximum atomic E-state index is 11.4. The van der Waals surface area contributed by atoms with Gasteiger partial charge in [-0.15, -0.1) is 11.8 Å². The molecular formula is C83H104O2S. The second-order valence-electron chi connectivity index (χ2n) is 25.8. The molecule has 12 rings (SSSR count). The number of hydrogen-bond acceptors (Lipinski definition) is 3. The Morgan fingerprint density at radius 2 is 1.00 bits per heavy atom. The fraction of sp³-hybridized carbons (Fsp3) is 0.386. The number of rotatable bonds is 4. The molecule has 454 valence electrons. The minimum atomic E-state index is -0.242. The van der Waals surface area contributed by atoms with Gasteiger partial charge in [-0.1, -0.05) is 215 Å². The minimum absolute atomic E-state index is 0.225. The molecule has 9 aromatic rings. The standard InChI is InChI=1S/C19H22.C13H14O2.C13H18.C11H16.C10H12S.C9H12.C8H10/c1-5-19(6-2)17-11-13(3)7-9-15(17)16-10-8-14(4)12-18(16)19;1-7-5-11-6-8(2)13(14)15-12(11)10(4)9(7)3;1-9-5-4-6-12-7-10(2)11(3)8-13(9)12;1-9(2)10(3)11-7-5-4-6-8-11;1-7-3-4-10-9(5-7)6-8(2)11-10;1-7-4-5-8(2)9(3)6-7;1-7-3-5-8(2)6-4-7/h7-12H,5-6H2,1-4H3;5-6H,1-4H3;7-9H,4-6H2,1-3H3;4-10H,1-3H3;3-5,8H,6H2,1-2H3;4-6H,1-3H3;3-6H,1-2H3. The molecule has 3 aliphatic rings. The van der Waals surface area contributed by atoms with Crippen LogP contribution in [-0.2, 0) is 18.3 Å². The van der Waals surface area contributed by atoms with Crippen molar-refractivity contribution in [3.8, 4) is 11.1 Å². The van der Waals surface area contributed by atoms with Crippen molar-refractivity contribution in [3.63, 3.8) is 0 Å². The number of thioether (sulfide) groups is 1. The fourth-order valence-corrected chi connectivity index (χ4v) is 13.2. The molecule has 0 saturated carbocycles. The molecule has 3 atom stereocenters. The molecule has 0 saturated heterocycles. The summed E-state index contributed by atoms with van der Waals surface area (Å²) in [6.45, 7) is 45.6. The highest BCUT2D eigenvalue weighted by molar-refractivity contribution is 8.00. The molecule has 0 N–H and O–H groups in total. The Hall–Kier alpha value is -6.68. The van der Waals surface area contributed by atoms with E-state index in [1.165, 1.54) is 138 Å². The number of aryl methyl sites for hydroxylation is 14. The maximum absolute atomic E-state index is 11.4.